The van der Waals surface area contributed by atoms with E-state index in [1.54, 1.807) is 0 Å². The van der Waals surface area contributed by atoms with E-state index in [2.05, 4.69) is 50.9 Å². The molecular weight excluding hydrogens is 260 g/mol. The van der Waals surface area contributed by atoms with Crippen LogP contribution in [0.1, 0.15) is 70.5 Å². The normalized spacial score (nSPS) is 13.0. The molecular formula is C18H34N2O. The highest BCUT2D eigenvalue weighted by Crippen LogP contribution is 2.19. The van der Waals surface area contributed by atoms with E-state index in [9.17, 15) is 0 Å². The van der Waals surface area contributed by atoms with Crippen LogP contribution >= 0.6 is 0 Å². The highest BCUT2D eigenvalue weighted by Gasteiger charge is 2.15. The van der Waals surface area contributed by atoms with Crippen LogP contribution in [0, 0.1) is 6.92 Å². The van der Waals surface area contributed by atoms with Gasteiger partial charge in [-0.25, -0.2) is 0 Å². The lowest BCUT2D eigenvalue weighted by Crippen LogP contribution is -2.33. The monoisotopic (exact) mass is 294 g/mol. The minimum absolute atomic E-state index is 0.632. The molecule has 1 heterocycles. The molecule has 0 aliphatic rings. The predicted octanol–water partition coefficient (Wildman–Crippen LogP) is 4.49. The van der Waals surface area contributed by atoms with Crippen LogP contribution in [0.15, 0.2) is 10.5 Å². The Balaban J connectivity index is 2.64. The molecule has 0 bridgehead atoms. The van der Waals surface area contributed by atoms with Crippen molar-refractivity contribution in [2.24, 2.45) is 0 Å². The van der Waals surface area contributed by atoms with Gasteiger partial charge in [0.15, 0.2) is 0 Å². The fourth-order valence-electron chi connectivity index (χ4n) is 2.51. The van der Waals surface area contributed by atoms with Gasteiger partial charge in [0, 0.05) is 18.2 Å². The van der Waals surface area contributed by atoms with Crippen LogP contribution in [-0.4, -0.2) is 24.0 Å². The molecule has 0 spiro atoms. The molecule has 1 atom stereocenters. The first-order valence-corrected chi connectivity index (χ1v) is 8.65. The summed E-state index contributed by atoms with van der Waals surface area (Å²) in [7, 11) is 0. The molecule has 0 saturated heterocycles. The number of unbranched alkanes of at least 4 members (excludes halogenated alkanes) is 1. The molecule has 0 aliphatic heterocycles. The van der Waals surface area contributed by atoms with Crippen molar-refractivity contribution in [2.75, 3.05) is 13.1 Å². The van der Waals surface area contributed by atoms with Crippen molar-refractivity contribution in [1.82, 2.24) is 10.2 Å². The summed E-state index contributed by atoms with van der Waals surface area (Å²) in [4.78, 5) is 2.59. The van der Waals surface area contributed by atoms with Gasteiger partial charge in [-0.05, 0) is 52.3 Å². The average Bonchev–Trinajstić information content (AvgIpc) is 2.83. The first-order chi connectivity index (χ1) is 10.1. The number of hydrogen-bond acceptors (Lipinski definition) is 3. The third-order valence-electron chi connectivity index (χ3n) is 4.18. The van der Waals surface area contributed by atoms with E-state index in [-0.39, 0.29) is 0 Å². The van der Waals surface area contributed by atoms with Crippen LogP contribution < -0.4 is 5.32 Å². The molecule has 0 fully saturated rings. The number of rotatable bonds is 11. The lowest BCUT2D eigenvalue weighted by Gasteiger charge is -2.28. The van der Waals surface area contributed by atoms with Crippen molar-refractivity contribution in [3.05, 3.63) is 23.2 Å². The molecule has 0 aromatic carbocycles. The van der Waals surface area contributed by atoms with Crippen LogP contribution in [0.4, 0.5) is 0 Å². The van der Waals surface area contributed by atoms with Gasteiger partial charge in [-0.3, -0.25) is 4.90 Å². The van der Waals surface area contributed by atoms with Gasteiger partial charge in [-0.15, -0.1) is 0 Å². The van der Waals surface area contributed by atoms with Crippen molar-refractivity contribution in [3.8, 4) is 0 Å². The summed E-state index contributed by atoms with van der Waals surface area (Å²) in [6.45, 7) is 15.2. The van der Waals surface area contributed by atoms with E-state index in [0.717, 1.165) is 37.6 Å². The predicted molar refractivity (Wildman–Crippen MR) is 90.5 cm³/mol. The Morgan fingerprint density at radius 2 is 2.00 bits per heavy atom. The Morgan fingerprint density at radius 1 is 1.24 bits per heavy atom. The lowest BCUT2D eigenvalue weighted by molar-refractivity contribution is 0.191. The molecule has 1 rings (SSSR count). The third kappa shape index (κ3) is 6.23. The van der Waals surface area contributed by atoms with Crippen LogP contribution in [0.2, 0.25) is 0 Å². The summed E-state index contributed by atoms with van der Waals surface area (Å²) in [5.41, 5.74) is 1.35. The van der Waals surface area contributed by atoms with Crippen LogP contribution in [-0.2, 0) is 13.1 Å². The van der Waals surface area contributed by atoms with Crippen LogP contribution in [0.3, 0.4) is 0 Å². The second-order valence-electron chi connectivity index (χ2n) is 6.05. The topological polar surface area (TPSA) is 28.4 Å². The maximum Gasteiger partial charge on any atom is 0.118 e. The average molecular weight is 294 g/mol. The molecule has 1 N–H and O–H groups in total. The standard InChI is InChI=1S/C18H34N2O/c1-6-9-11-20(15(4)8-3)14-17-12-18(21-16(17)5)13-19-10-7-2/h12,15,19H,6-11,13-14H2,1-5H3. The second kappa shape index (κ2) is 10.0. The van der Waals surface area contributed by atoms with E-state index in [0.29, 0.717) is 6.04 Å². The zero-order chi connectivity index (χ0) is 15.7. The van der Waals surface area contributed by atoms with Gasteiger partial charge in [-0.1, -0.05) is 27.2 Å². The Hall–Kier alpha value is -0.800. The van der Waals surface area contributed by atoms with E-state index in [4.69, 9.17) is 4.42 Å². The van der Waals surface area contributed by atoms with Crippen molar-refractivity contribution in [2.45, 2.75) is 79.4 Å². The molecule has 0 aliphatic carbocycles. The van der Waals surface area contributed by atoms with Crippen LogP contribution in [0.5, 0.6) is 0 Å². The maximum absolute atomic E-state index is 5.89. The van der Waals surface area contributed by atoms with Crippen LogP contribution in [0.25, 0.3) is 0 Å². The molecule has 1 unspecified atom stereocenters. The molecule has 122 valence electrons. The Morgan fingerprint density at radius 3 is 2.62 bits per heavy atom. The molecule has 0 radical (unpaired) electrons. The largest absolute Gasteiger partial charge is 0.465 e. The number of furan rings is 1. The summed E-state index contributed by atoms with van der Waals surface area (Å²) < 4.78 is 5.89. The van der Waals surface area contributed by atoms with E-state index in [1.165, 1.54) is 31.4 Å². The summed E-state index contributed by atoms with van der Waals surface area (Å²) in [5, 5.41) is 3.41. The van der Waals surface area contributed by atoms with Crippen molar-refractivity contribution in [3.63, 3.8) is 0 Å². The Bertz CT molecular complexity index is 387. The van der Waals surface area contributed by atoms with Gasteiger partial charge in [0.1, 0.15) is 11.5 Å². The van der Waals surface area contributed by atoms with Crippen molar-refractivity contribution in [1.29, 1.82) is 0 Å². The first-order valence-electron chi connectivity index (χ1n) is 8.65. The first kappa shape index (κ1) is 18.2. The molecule has 21 heavy (non-hydrogen) atoms. The van der Waals surface area contributed by atoms with Gasteiger partial charge in [0.05, 0.1) is 6.54 Å². The minimum atomic E-state index is 0.632. The van der Waals surface area contributed by atoms with Gasteiger partial charge in [0.2, 0.25) is 0 Å². The van der Waals surface area contributed by atoms with Gasteiger partial charge in [-0.2, -0.15) is 0 Å². The maximum atomic E-state index is 5.89. The number of aryl methyl sites for hydroxylation is 1. The summed E-state index contributed by atoms with van der Waals surface area (Å²) in [6, 6.07) is 2.87. The molecule has 1 aromatic heterocycles. The highest BCUT2D eigenvalue weighted by atomic mass is 16.3. The lowest BCUT2D eigenvalue weighted by atomic mass is 10.1. The fourth-order valence-corrected chi connectivity index (χ4v) is 2.51. The molecule has 3 heteroatoms. The fraction of sp³-hybridized carbons (Fsp3) is 0.778. The zero-order valence-corrected chi connectivity index (χ0v) is 14.7. The quantitative estimate of drug-likeness (QED) is 0.610. The summed E-state index contributed by atoms with van der Waals surface area (Å²) in [5.74, 6) is 2.14. The second-order valence-corrected chi connectivity index (χ2v) is 6.05. The van der Waals surface area contributed by atoms with E-state index in [1.807, 2.05) is 0 Å². The van der Waals surface area contributed by atoms with Crippen molar-refractivity contribution >= 4 is 0 Å². The Labute approximate surface area is 131 Å². The molecule has 0 amide bonds. The SMILES string of the molecule is CCCCN(Cc1cc(CNCCC)oc1C)C(C)CC. The number of hydrogen-bond donors (Lipinski definition) is 1. The summed E-state index contributed by atoms with van der Waals surface area (Å²) in [6.07, 6.45) is 4.88. The van der Waals surface area contributed by atoms with E-state index < -0.39 is 0 Å². The third-order valence-corrected chi connectivity index (χ3v) is 4.18. The van der Waals surface area contributed by atoms with Crippen molar-refractivity contribution < 1.29 is 4.42 Å². The zero-order valence-electron chi connectivity index (χ0n) is 14.7. The number of nitrogens with zero attached hydrogens (tertiary/aromatic N) is 1. The summed E-state index contributed by atoms with van der Waals surface area (Å²) >= 11 is 0. The van der Waals surface area contributed by atoms with Gasteiger partial charge < -0.3 is 9.73 Å². The molecule has 1 aromatic rings. The Kier molecular flexibility index (Phi) is 8.70. The highest BCUT2D eigenvalue weighted by molar-refractivity contribution is 5.20. The van der Waals surface area contributed by atoms with E-state index >= 15 is 0 Å². The van der Waals surface area contributed by atoms with Gasteiger partial charge >= 0.3 is 0 Å². The minimum Gasteiger partial charge on any atom is -0.465 e. The number of nitrogens with one attached hydrogen (secondary N) is 1. The molecule has 0 saturated carbocycles. The smallest absolute Gasteiger partial charge is 0.118 e. The van der Waals surface area contributed by atoms with Gasteiger partial charge in [0.25, 0.3) is 0 Å². The molecule has 3 nitrogen and oxygen atoms in total.